The van der Waals surface area contributed by atoms with Crippen LogP contribution in [0.2, 0.25) is 0 Å². The summed E-state index contributed by atoms with van der Waals surface area (Å²) in [6, 6.07) is 14.3. The zero-order valence-electron chi connectivity index (χ0n) is 14.2. The second-order valence-electron chi connectivity index (χ2n) is 5.33. The fourth-order valence-electron chi connectivity index (χ4n) is 2.07. The number of hydrogen-bond acceptors (Lipinski definition) is 5. The van der Waals surface area contributed by atoms with Crippen molar-refractivity contribution in [3.05, 3.63) is 54.1 Å². The van der Waals surface area contributed by atoms with Crippen molar-refractivity contribution in [1.82, 2.24) is 0 Å². The van der Waals surface area contributed by atoms with Crippen LogP contribution >= 0.6 is 15.9 Å². The SMILES string of the molecule is COC(=O)c1ccc(N=Nc2ccc(OCCCCCBr)cc2)cc1. The summed E-state index contributed by atoms with van der Waals surface area (Å²) in [6.45, 7) is 0.723. The van der Waals surface area contributed by atoms with Crippen molar-refractivity contribution in [3.63, 3.8) is 0 Å². The lowest BCUT2D eigenvalue weighted by molar-refractivity contribution is 0.0601. The average molecular weight is 405 g/mol. The van der Waals surface area contributed by atoms with Crippen LogP contribution in [0, 0.1) is 0 Å². The Hall–Kier alpha value is -2.21. The fourth-order valence-corrected chi connectivity index (χ4v) is 2.47. The predicted octanol–water partition coefficient (Wildman–Crippen LogP) is 5.83. The lowest BCUT2D eigenvalue weighted by atomic mass is 10.2. The van der Waals surface area contributed by atoms with E-state index in [1.54, 1.807) is 24.3 Å². The van der Waals surface area contributed by atoms with E-state index in [2.05, 4.69) is 30.9 Å². The van der Waals surface area contributed by atoms with Gasteiger partial charge in [-0.2, -0.15) is 10.2 Å². The Morgan fingerprint density at radius 1 is 0.920 bits per heavy atom. The molecule has 2 aromatic carbocycles. The monoisotopic (exact) mass is 404 g/mol. The molecule has 0 amide bonds. The molecule has 0 saturated carbocycles. The van der Waals surface area contributed by atoms with Crippen LogP contribution in [0.15, 0.2) is 58.8 Å². The molecule has 0 bridgehead atoms. The molecule has 2 aromatic rings. The van der Waals surface area contributed by atoms with Crippen LogP contribution < -0.4 is 4.74 Å². The van der Waals surface area contributed by atoms with Gasteiger partial charge in [-0.1, -0.05) is 15.9 Å². The van der Waals surface area contributed by atoms with Gasteiger partial charge in [-0.15, -0.1) is 0 Å². The molecule has 0 unspecified atom stereocenters. The van der Waals surface area contributed by atoms with Gasteiger partial charge < -0.3 is 9.47 Å². The number of hydrogen-bond donors (Lipinski definition) is 0. The molecule has 0 fully saturated rings. The first kappa shape index (κ1) is 19.1. The van der Waals surface area contributed by atoms with Gasteiger partial charge in [0, 0.05) is 5.33 Å². The fraction of sp³-hybridized carbons (Fsp3) is 0.316. The summed E-state index contributed by atoms with van der Waals surface area (Å²) in [5.74, 6) is 0.464. The minimum absolute atomic E-state index is 0.369. The lowest BCUT2D eigenvalue weighted by Gasteiger charge is -2.05. The van der Waals surface area contributed by atoms with Crippen molar-refractivity contribution in [2.24, 2.45) is 10.2 Å². The number of carbonyl (C=O) groups excluding carboxylic acids is 1. The molecule has 0 N–H and O–H groups in total. The number of ether oxygens (including phenoxy) is 2. The van der Waals surface area contributed by atoms with Gasteiger partial charge in [0.15, 0.2) is 0 Å². The van der Waals surface area contributed by atoms with Crippen LogP contribution in [0.1, 0.15) is 29.6 Å². The van der Waals surface area contributed by atoms with E-state index in [1.165, 1.54) is 13.5 Å². The van der Waals surface area contributed by atoms with Gasteiger partial charge >= 0.3 is 5.97 Å². The smallest absolute Gasteiger partial charge is 0.337 e. The summed E-state index contributed by atoms with van der Waals surface area (Å²) in [5, 5.41) is 9.38. The van der Waals surface area contributed by atoms with Crippen molar-refractivity contribution in [1.29, 1.82) is 0 Å². The Balaban J connectivity index is 1.85. The molecule has 0 aliphatic rings. The zero-order valence-corrected chi connectivity index (χ0v) is 15.7. The summed E-state index contributed by atoms with van der Waals surface area (Å²) in [4.78, 5) is 11.4. The Bertz CT molecular complexity index is 685. The molecule has 0 aromatic heterocycles. The highest BCUT2D eigenvalue weighted by Gasteiger charge is 2.03. The third kappa shape index (κ3) is 6.66. The number of rotatable bonds is 9. The first-order valence-corrected chi connectivity index (χ1v) is 9.24. The maximum Gasteiger partial charge on any atom is 0.337 e. The van der Waals surface area contributed by atoms with E-state index in [-0.39, 0.29) is 5.97 Å². The second kappa shape index (κ2) is 10.6. The first-order valence-electron chi connectivity index (χ1n) is 8.12. The van der Waals surface area contributed by atoms with Crippen molar-refractivity contribution in [3.8, 4) is 5.75 Å². The number of azo groups is 1. The summed E-state index contributed by atoms with van der Waals surface area (Å²) in [5.41, 5.74) is 1.89. The molecular formula is C19H21BrN2O3. The summed E-state index contributed by atoms with van der Waals surface area (Å²) < 4.78 is 10.3. The maximum atomic E-state index is 11.4. The van der Waals surface area contributed by atoms with Crippen molar-refractivity contribution >= 4 is 33.3 Å². The molecule has 0 radical (unpaired) electrons. The number of esters is 1. The van der Waals surface area contributed by atoms with Crippen LogP contribution in [0.4, 0.5) is 11.4 Å². The van der Waals surface area contributed by atoms with E-state index in [4.69, 9.17) is 4.74 Å². The third-order valence-electron chi connectivity index (χ3n) is 3.45. The highest BCUT2D eigenvalue weighted by molar-refractivity contribution is 9.09. The van der Waals surface area contributed by atoms with Gasteiger partial charge in [-0.05, 0) is 67.8 Å². The summed E-state index contributed by atoms with van der Waals surface area (Å²) >= 11 is 3.42. The molecule has 0 spiro atoms. The molecule has 132 valence electrons. The minimum atomic E-state index is -0.369. The number of alkyl halides is 1. The van der Waals surface area contributed by atoms with E-state index in [0.29, 0.717) is 11.3 Å². The number of benzene rings is 2. The Kier molecular flexibility index (Phi) is 8.12. The minimum Gasteiger partial charge on any atom is -0.494 e. The summed E-state index contributed by atoms with van der Waals surface area (Å²) in [7, 11) is 1.35. The molecule has 0 aliphatic heterocycles. The lowest BCUT2D eigenvalue weighted by Crippen LogP contribution is -1.99. The van der Waals surface area contributed by atoms with Gasteiger partial charge in [0.05, 0.1) is 30.7 Å². The number of methoxy groups -OCH3 is 1. The predicted molar refractivity (Wildman–Crippen MR) is 102 cm³/mol. The number of halogens is 1. The van der Waals surface area contributed by atoms with Crippen LogP contribution in [0.5, 0.6) is 5.75 Å². The van der Waals surface area contributed by atoms with E-state index in [0.717, 1.165) is 36.2 Å². The molecule has 5 nitrogen and oxygen atoms in total. The van der Waals surface area contributed by atoms with Crippen molar-refractivity contribution in [2.45, 2.75) is 19.3 Å². The van der Waals surface area contributed by atoms with Crippen molar-refractivity contribution < 1.29 is 14.3 Å². The standard InChI is InChI=1S/C19H21BrN2O3/c1-24-19(23)15-5-7-16(8-6-15)21-22-17-9-11-18(12-10-17)25-14-4-2-3-13-20/h5-12H,2-4,13-14H2,1H3. The Labute approximate surface area is 156 Å². The molecule has 25 heavy (non-hydrogen) atoms. The van der Waals surface area contributed by atoms with Gasteiger partial charge in [0.2, 0.25) is 0 Å². The van der Waals surface area contributed by atoms with Gasteiger partial charge in [0.1, 0.15) is 5.75 Å². The number of carbonyl (C=O) groups is 1. The quantitative estimate of drug-likeness (QED) is 0.228. The van der Waals surface area contributed by atoms with Crippen LogP contribution in [-0.2, 0) is 4.74 Å². The van der Waals surface area contributed by atoms with E-state index < -0.39 is 0 Å². The Morgan fingerprint density at radius 3 is 2.08 bits per heavy atom. The zero-order chi connectivity index (χ0) is 17.9. The molecule has 2 rings (SSSR count). The van der Waals surface area contributed by atoms with Gasteiger partial charge in [-0.25, -0.2) is 4.79 Å². The van der Waals surface area contributed by atoms with Crippen LogP contribution in [0.25, 0.3) is 0 Å². The summed E-state index contributed by atoms with van der Waals surface area (Å²) in [6.07, 6.45) is 3.38. The van der Waals surface area contributed by atoms with Crippen molar-refractivity contribution in [2.75, 3.05) is 19.0 Å². The highest BCUT2D eigenvalue weighted by atomic mass is 79.9. The first-order chi connectivity index (χ1) is 12.2. The number of unbranched alkanes of at least 4 members (excludes halogenated alkanes) is 2. The maximum absolute atomic E-state index is 11.4. The Morgan fingerprint density at radius 2 is 1.52 bits per heavy atom. The van der Waals surface area contributed by atoms with E-state index >= 15 is 0 Å². The average Bonchev–Trinajstić information content (AvgIpc) is 2.67. The van der Waals surface area contributed by atoms with E-state index in [9.17, 15) is 4.79 Å². The largest absolute Gasteiger partial charge is 0.494 e. The van der Waals surface area contributed by atoms with Crippen LogP contribution in [-0.4, -0.2) is 25.0 Å². The van der Waals surface area contributed by atoms with E-state index in [1.807, 2.05) is 24.3 Å². The second-order valence-corrected chi connectivity index (χ2v) is 6.12. The topological polar surface area (TPSA) is 60.2 Å². The highest BCUT2D eigenvalue weighted by Crippen LogP contribution is 2.22. The van der Waals surface area contributed by atoms with Gasteiger partial charge in [-0.3, -0.25) is 0 Å². The molecule has 0 atom stereocenters. The molecule has 6 heteroatoms. The van der Waals surface area contributed by atoms with Gasteiger partial charge in [0.25, 0.3) is 0 Å². The molecular weight excluding hydrogens is 384 g/mol. The van der Waals surface area contributed by atoms with Crippen LogP contribution in [0.3, 0.4) is 0 Å². The third-order valence-corrected chi connectivity index (χ3v) is 4.01. The molecule has 0 aliphatic carbocycles. The number of nitrogens with zero attached hydrogens (tertiary/aromatic N) is 2. The molecule has 0 saturated heterocycles. The molecule has 0 heterocycles. The normalized spacial score (nSPS) is 10.8.